The number of hydrogen-bond acceptors (Lipinski definition) is 7. The van der Waals surface area contributed by atoms with Crippen LogP contribution in [0.5, 0.6) is 5.75 Å². The van der Waals surface area contributed by atoms with Crippen molar-refractivity contribution < 1.29 is 19.7 Å². The van der Waals surface area contributed by atoms with Crippen LogP contribution in [-0.4, -0.2) is 72.1 Å². The van der Waals surface area contributed by atoms with Crippen molar-refractivity contribution in [3.8, 4) is 5.75 Å². The smallest absolute Gasteiger partial charge is 0.248 e. The number of aromatic amines is 1. The van der Waals surface area contributed by atoms with Gasteiger partial charge in [0.1, 0.15) is 12.0 Å². The number of benzene rings is 1. The van der Waals surface area contributed by atoms with Gasteiger partial charge in [0.2, 0.25) is 11.5 Å². The molecule has 0 aliphatic rings. The van der Waals surface area contributed by atoms with E-state index in [2.05, 4.69) is 29.1 Å². The summed E-state index contributed by atoms with van der Waals surface area (Å²) in [6, 6.07) is 6.02. The highest BCUT2D eigenvalue weighted by Crippen LogP contribution is 2.28. The van der Waals surface area contributed by atoms with Gasteiger partial charge in [-0.25, -0.2) is 0 Å². The number of ether oxygens (including phenoxy) is 1. The van der Waals surface area contributed by atoms with Crippen molar-refractivity contribution in [2.45, 2.75) is 38.5 Å². The first-order valence-electron chi connectivity index (χ1n) is 12.0. The quantitative estimate of drug-likeness (QED) is 0.140. The summed E-state index contributed by atoms with van der Waals surface area (Å²) in [4.78, 5) is 28.2. The van der Waals surface area contributed by atoms with Crippen molar-refractivity contribution in [2.24, 2.45) is 0 Å². The molecule has 35 heavy (non-hydrogen) atoms. The number of rotatable bonds is 16. The topological polar surface area (TPSA) is 127 Å². The summed E-state index contributed by atoms with van der Waals surface area (Å²) in [7, 11) is 1.74. The summed E-state index contributed by atoms with van der Waals surface area (Å²) in [5, 5.41) is 27.6. The van der Waals surface area contributed by atoms with Gasteiger partial charge in [-0.2, -0.15) is 0 Å². The molecular weight excluding hydrogens is 448 g/mol. The molecule has 9 heteroatoms. The summed E-state index contributed by atoms with van der Waals surface area (Å²) in [6.07, 6.45) is 6.57. The molecule has 2 rings (SSSR count). The predicted octanol–water partition coefficient (Wildman–Crippen LogP) is 2.18. The Labute approximate surface area is 206 Å². The zero-order chi connectivity index (χ0) is 25.6. The van der Waals surface area contributed by atoms with Crippen molar-refractivity contribution in [1.29, 1.82) is 0 Å². The van der Waals surface area contributed by atoms with Crippen LogP contribution in [-0.2, 0) is 9.53 Å². The van der Waals surface area contributed by atoms with Crippen LogP contribution in [0.3, 0.4) is 0 Å². The number of phenolic OH excluding ortho intramolecular Hbond substituents is 1. The molecule has 0 spiro atoms. The number of allylic oxidation sites excluding steroid dienone is 2. The lowest BCUT2D eigenvalue weighted by Crippen LogP contribution is -2.36. The van der Waals surface area contributed by atoms with Crippen LogP contribution in [0.1, 0.15) is 37.9 Å². The number of aromatic nitrogens is 1. The minimum absolute atomic E-state index is 0.0169. The van der Waals surface area contributed by atoms with Crippen LogP contribution in [0, 0.1) is 0 Å². The fourth-order valence-electron chi connectivity index (χ4n) is 3.56. The Hall–Kier alpha value is -2.98. The number of H-pyrrole nitrogens is 1. The second-order valence-corrected chi connectivity index (χ2v) is 8.28. The van der Waals surface area contributed by atoms with Gasteiger partial charge in [0.05, 0.1) is 24.6 Å². The number of nitrogens with zero attached hydrogens (tertiary/aromatic N) is 1. The van der Waals surface area contributed by atoms with Crippen LogP contribution >= 0.6 is 0 Å². The first-order valence-corrected chi connectivity index (χ1v) is 12.0. The van der Waals surface area contributed by atoms with E-state index in [1.165, 1.54) is 12.1 Å². The number of nitrogens with one attached hydrogen (secondary N) is 3. The van der Waals surface area contributed by atoms with Crippen LogP contribution < -0.4 is 16.2 Å². The summed E-state index contributed by atoms with van der Waals surface area (Å²) >= 11 is 0. The van der Waals surface area contributed by atoms with Gasteiger partial charge in [-0.15, -0.1) is 0 Å². The Morgan fingerprint density at radius 2 is 2.09 bits per heavy atom. The standard InChI is InChI=1S/C26H38N4O5/c1-4-6-7-8-24(28-14-5-2)35-17-13-25(34)30(3)16-15-27-18-22(32)19-9-11-21(31)26-20(19)10-12-23(33)29-26/h4,6-7,9-12,22,24,27-28,31-32H,1,5,8,13-18H2,2-3H3,(H,29,33)/b7-6-/t22-,24?/m0/s1. The zero-order valence-electron chi connectivity index (χ0n) is 20.6. The molecule has 5 N–H and O–H groups in total. The van der Waals surface area contributed by atoms with Gasteiger partial charge in [-0.05, 0) is 30.7 Å². The van der Waals surface area contributed by atoms with Crippen molar-refractivity contribution in [1.82, 2.24) is 20.5 Å². The van der Waals surface area contributed by atoms with Gasteiger partial charge >= 0.3 is 0 Å². The number of hydrogen-bond donors (Lipinski definition) is 5. The molecule has 1 aromatic carbocycles. The number of fused-ring (bicyclic) bond motifs is 1. The lowest BCUT2D eigenvalue weighted by molar-refractivity contribution is -0.131. The highest BCUT2D eigenvalue weighted by molar-refractivity contribution is 5.87. The first kappa shape index (κ1) is 28.3. The molecule has 0 aliphatic heterocycles. The summed E-state index contributed by atoms with van der Waals surface area (Å²) in [6.45, 7) is 8.16. The number of aromatic hydroxyl groups is 1. The number of aliphatic hydroxyl groups excluding tert-OH is 1. The zero-order valence-corrected chi connectivity index (χ0v) is 20.6. The molecule has 1 heterocycles. The number of likely N-dealkylation sites (N-methyl/N-ethyl adjacent to an activating group) is 1. The number of carbonyl (C=O) groups is 1. The van der Waals surface area contributed by atoms with E-state index in [9.17, 15) is 19.8 Å². The van der Waals surface area contributed by atoms with Crippen molar-refractivity contribution in [2.75, 3.05) is 39.8 Å². The third-order valence-electron chi connectivity index (χ3n) is 5.53. The number of carbonyl (C=O) groups excluding carboxylic acids is 1. The average molecular weight is 487 g/mol. The van der Waals surface area contributed by atoms with Crippen LogP contribution in [0.2, 0.25) is 0 Å². The van der Waals surface area contributed by atoms with Gasteiger partial charge in [0.15, 0.2) is 0 Å². The Morgan fingerprint density at radius 1 is 1.29 bits per heavy atom. The van der Waals surface area contributed by atoms with Gasteiger partial charge in [0, 0.05) is 44.6 Å². The van der Waals surface area contributed by atoms with E-state index in [-0.39, 0.29) is 36.4 Å². The van der Waals surface area contributed by atoms with E-state index >= 15 is 0 Å². The summed E-state index contributed by atoms with van der Waals surface area (Å²) in [5.41, 5.74) is 0.565. The number of aliphatic hydroxyl groups is 1. The molecule has 2 atom stereocenters. The fraction of sp³-hybridized carbons (Fsp3) is 0.462. The molecule has 0 aliphatic carbocycles. The molecular formula is C26H38N4O5. The monoisotopic (exact) mass is 486 g/mol. The van der Waals surface area contributed by atoms with Gasteiger partial charge in [-0.1, -0.05) is 37.8 Å². The van der Waals surface area contributed by atoms with E-state index in [4.69, 9.17) is 4.74 Å². The van der Waals surface area contributed by atoms with Gasteiger partial charge in [-0.3, -0.25) is 14.9 Å². The molecule has 192 valence electrons. The molecule has 0 saturated carbocycles. The van der Waals surface area contributed by atoms with Crippen LogP contribution in [0.4, 0.5) is 0 Å². The van der Waals surface area contributed by atoms with E-state index < -0.39 is 6.10 Å². The Bertz CT molecular complexity index is 1040. The molecule has 0 bridgehead atoms. The second kappa shape index (κ2) is 15.1. The SMILES string of the molecule is C=C/C=C\CC(NCCC)OCCC(=O)N(C)CCNC[C@H](O)c1ccc(O)c2[nH]c(=O)ccc12. The number of amides is 1. The van der Waals surface area contributed by atoms with Crippen molar-refractivity contribution in [3.05, 3.63) is 65.0 Å². The molecule has 2 aromatic rings. The lowest BCUT2D eigenvalue weighted by Gasteiger charge is -2.21. The number of phenols is 1. The first-order chi connectivity index (χ1) is 16.9. The van der Waals surface area contributed by atoms with Crippen LogP contribution in [0.15, 0.2) is 53.9 Å². The third-order valence-corrected chi connectivity index (χ3v) is 5.53. The molecule has 1 unspecified atom stereocenters. The predicted molar refractivity (Wildman–Crippen MR) is 138 cm³/mol. The van der Waals surface area contributed by atoms with Gasteiger partial charge < -0.3 is 30.2 Å². The van der Waals surface area contributed by atoms with Crippen molar-refractivity contribution in [3.63, 3.8) is 0 Å². The minimum Gasteiger partial charge on any atom is -0.506 e. The van der Waals surface area contributed by atoms with E-state index in [1.54, 1.807) is 30.2 Å². The molecule has 1 amide bonds. The Morgan fingerprint density at radius 3 is 2.83 bits per heavy atom. The summed E-state index contributed by atoms with van der Waals surface area (Å²) in [5.74, 6) is -0.0665. The van der Waals surface area contributed by atoms with Crippen LogP contribution in [0.25, 0.3) is 10.9 Å². The maximum atomic E-state index is 12.4. The van der Waals surface area contributed by atoms with E-state index in [0.29, 0.717) is 42.6 Å². The maximum Gasteiger partial charge on any atom is 0.248 e. The largest absolute Gasteiger partial charge is 0.506 e. The number of pyridine rings is 1. The molecule has 0 fully saturated rings. The third kappa shape index (κ3) is 9.29. The van der Waals surface area contributed by atoms with Crippen molar-refractivity contribution >= 4 is 16.8 Å². The highest BCUT2D eigenvalue weighted by Gasteiger charge is 2.15. The van der Waals surface area contributed by atoms with E-state index in [0.717, 1.165) is 13.0 Å². The lowest BCUT2D eigenvalue weighted by atomic mass is 10.0. The average Bonchev–Trinajstić information content (AvgIpc) is 2.85. The molecule has 9 nitrogen and oxygen atoms in total. The van der Waals surface area contributed by atoms with Gasteiger partial charge in [0.25, 0.3) is 0 Å². The van der Waals surface area contributed by atoms with E-state index in [1.807, 2.05) is 12.2 Å². The Kier molecular flexibility index (Phi) is 12.2. The normalized spacial score (nSPS) is 13.2. The maximum absolute atomic E-state index is 12.4. The Balaban J connectivity index is 1.75. The second-order valence-electron chi connectivity index (χ2n) is 8.28. The minimum atomic E-state index is -0.846. The highest BCUT2D eigenvalue weighted by atomic mass is 16.5. The molecule has 1 aromatic heterocycles. The summed E-state index contributed by atoms with van der Waals surface area (Å²) < 4.78 is 5.84. The molecule has 0 saturated heterocycles. The molecule has 0 radical (unpaired) electrons. The fourth-order valence-corrected chi connectivity index (χ4v) is 3.56.